The first-order valence-corrected chi connectivity index (χ1v) is 5.95. The van der Waals surface area contributed by atoms with Crippen LogP contribution in [0.4, 0.5) is 4.39 Å². The second kappa shape index (κ2) is 4.67. The lowest BCUT2D eigenvalue weighted by Gasteiger charge is -1.97. The van der Waals surface area contributed by atoms with Crippen molar-refractivity contribution in [3.63, 3.8) is 0 Å². The Bertz CT molecular complexity index is 225. The van der Waals surface area contributed by atoms with Gasteiger partial charge in [-0.15, -0.1) is 0 Å². The Morgan fingerprint density at radius 1 is 1.45 bits per heavy atom. The molecule has 11 heavy (non-hydrogen) atoms. The number of hydrogen-bond donors (Lipinski definition) is 0. The quantitative estimate of drug-likeness (QED) is 0.667. The minimum atomic E-state index is -0.149. The SMILES string of the molecule is CSSCc1cccc(F)c1. The van der Waals surface area contributed by atoms with E-state index in [1.54, 1.807) is 33.7 Å². The first-order valence-electron chi connectivity index (χ1n) is 3.23. The molecule has 0 nitrogen and oxygen atoms in total. The molecule has 0 aliphatic heterocycles. The molecular weight excluding hydrogens is 179 g/mol. The van der Waals surface area contributed by atoms with E-state index in [0.717, 1.165) is 11.3 Å². The van der Waals surface area contributed by atoms with Gasteiger partial charge in [-0.3, -0.25) is 0 Å². The molecular formula is C8H9FS2. The molecule has 0 amide bonds. The summed E-state index contributed by atoms with van der Waals surface area (Å²) in [7, 11) is 3.42. The molecule has 0 unspecified atom stereocenters. The van der Waals surface area contributed by atoms with E-state index in [2.05, 4.69) is 0 Å². The van der Waals surface area contributed by atoms with Gasteiger partial charge in [-0.25, -0.2) is 4.39 Å². The van der Waals surface area contributed by atoms with Gasteiger partial charge in [0.1, 0.15) is 5.82 Å². The Labute approximate surface area is 74.0 Å². The second-order valence-electron chi connectivity index (χ2n) is 2.06. The fourth-order valence-electron chi connectivity index (χ4n) is 0.754. The molecule has 0 N–H and O–H groups in total. The van der Waals surface area contributed by atoms with Crippen LogP contribution in [0.3, 0.4) is 0 Å². The largest absolute Gasteiger partial charge is 0.207 e. The lowest BCUT2D eigenvalue weighted by atomic mass is 10.2. The molecule has 0 fully saturated rings. The van der Waals surface area contributed by atoms with Crippen LogP contribution in [0.2, 0.25) is 0 Å². The summed E-state index contributed by atoms with van der Waals surface area (Å²) in [6.07, 6.45) is 2.02. The normalized spacial score (nSPS) is 10.0. The summed E-state index contributed by atoms with van der Waals surface area (Å²) in [4.78, 5) is 0. The Balaban J connectivity index is 2.56. The molecule has 0 aliphatic rings. The number of rotatable bonds is 3. The predicted octanol–water partition coefficient (Wildman–Crippen LogP) is 3.34. The van der Waals surface area contributed by atoms with Crippen LogP contribution >= 0.6 is 21.6 Å². The van der Waals surface area contributed by atoms with Gasteiger partial charge >= 0.3 is 0 Å². The third-order valence-corrected chi connectivity index (χ3v) is 2.98. The van der Waals surface area contributed by atoms with E-state index in [1.807, 2.05) is 12.3 Å². The van der Waals surface area contributed by atoms with Crippen LogP contribution in [0.25, 0.3) is 0 Å². The van der Waals surface area contributed by atoms with Gasteiger partial charge in [-0.1, -0.05) is 33.7 Å². The molecule has 0 radical (unpaired) electrons. The molecule has 0 heterocycles. The van der Waals surface area contributed by atoms with Crippen LogP contribution < -0.4 is 0 Å². The molecule has 3 heteroatoms. The minimum Gasteiger partial charge on any atom is -0.207 e. The summed E-state index contributed by atoms with van der Waals surface area (Å²) in [6, 6.07) is 6.72. The average Bonchev–Trinajstić information content (AvgIpc) is 2.01. The minimum absolute atomic E-state index is 0.149. The van der Waals surface area contributed by atoms with Crippen LogP contribution in [-0.2, 0) is 5.75 Å². The summed E-state index contributed by atoms with van der Waals surface area (Å²) in [6.45, 7) is 0. The van der Waals surface area contributed by atoms with Crippen molar-refractivity contribution in [2.75, 3.05) is 6.26 Å². The van der Waals surface area contributed by atoms with Crippen molar-refractivity contribution in [3.8, 4) is 0 Å². The van der Waals surface area contributed by atoms with Crippen molar-refractivity contribution in [3.05, 3.63) is 35.6 Å². The summed E-state index contributed by atoms with van der Waals surface area (Å²) in [5, 5.41) is 0. The fourth-order valence-corrected chi connectivity index (χ4v) is 1.95. The van der Waals surface area contributed by atoms with E-state index < -0.39 is 0 Å². The zero-order chi connectivity index (χ0) is 8.10. The summed E-state index contributed by atoms with van der Waals surface area (Å²) >= 11 is 0. The van der Waals surface area contributed by atoms with Crippen LogP contribution in [0.1, 0.15) is 5.56 Å². The van der Waals surface area contributed by atoms with E-state index in [1.165, 1.54) is 6.07 Å². The van der Waals surface area contributed by atoms with Gasteiger partial charge in [0.2, 0.25) is 0 Å². The van der Waals surface area contributed by atoms with E-state index in [9.17, 15) is 4.39 Å². The zero-order valence-corrected chi connectivity index (χ0v) is 7.84. The summed E-state index contributed by atoms with van der Waals surface area (Å²) < 4.78 is 12.6. The van der Waals surface area contributed by atoms with Gasteiger partial charge in [-0.05, 0) is 24.0 Å². The second-order valence-corrected chi connectivity index (χ2v) is 4.62. The van der Waals surface area contributed by atoms with Crippen molar-refractivity contribution in [2.45, 2.75) is 5.75 Å². The molecule has 0 atom stereocenters. The lowest BCUT2D eigenvalue weighted by Crippen LogP contribution is -1.79. The zero-order valence-electron chi connectivity index (χ0n) is 6.21. The molecule has 1 aromatic rings. The highest BCUT2D eigenvalue weighted by molar-refractivity contribution is 8.76. The third kappa shape index (κ3) is 3.16. The lowest BCUT2D eigenvalue weighted by molar-refractivity contribution is 0.626. The van der Waals surface area contributed by atoms with Crippen LogP contribution in [0.5, 0.6) is 0 Å². The van der Waals surface area contributed by atoms with Crippen molar-refractivity contribution < 1.29 is 4.39 Å². The Morgan fingerprint density at radius 2 is 2.27 bits per heavy atom. The summed E-state index contributed by atoms with van der Waals surface area (Å²) in [5.74, 6) is 0.725. The topological polar surface area (TPSA) is 0 Å². The molecule has 0 saturated heterocycles. The Hall–Kier alpha value is -0.150. The maximum Gasteiger partial charge on any atom is 0.123 e. The Kier molecular flexibility index (Phi) is 3.80. The van der Waals surface area contributed by atoms with Crippen molar-refractivity contribution in [1.82, 2.24) is 0 Å². The van der Waals surface area contributed by atoms with Gasteiger partial charge in [0.25, 0.3) is 0 Å². The van der Waals surface area contributed by atoms with Crippen molar-refractivity contribution in [2.24, 2.45) is 0 Å². The van der Waals surface area contributed by atoms with Crippen molar-refractivity contribution >= 4 is 21.6 Å². The maximum absolute atomic E-state index is 12.6. The monoisotopic (exact) mass is 188 g/mol. The van der Waals surface area contributed by atoms with Crippen molar-refractivity contribution in [1.29, 1.82) is 0 Å². The molecule has 60 valence electrons. The van der Waals surface area contributed by atoms with E-state index >= 15 is 0 Å². The standard InChI is InChI=1S/C8H9FS2/c1-10-11-6-7-3-2-4-8(9)5-7/h2-5H,6H2,1H3. The number of halogens is 1. The number of benzene rings is 1. The molecule has 0 bridgehead atoms. The highest BCUT2D eigenvalue weighted by Gasteiger charge is 1.93. The van der Waals surface area contributed by atoms with Gasteiger partial charge in [0.15, 0.2) is 0 Å². The van der Waals surface area contributed by atoms with Gasteiger partial charge < -0.3 is 0 Å². The highest BCUT2D eigenvalue weighted by Crippen LogP contribution is 2.22. The molecule has 0 aliphatic carbocycles. The smallest absolute Gasteiger partial charge is 0.123 e. The Morgan fingerprint density at radius 3 is 2.91 bits per heavy atom. The number of hydrogen-bond acceptors (Lipinski definition) is 2. The highest BCUT2D eigenvalue weighted by atomic mass is 33.1. The molecule has 1 rings (SSSR count). The predicted molar refractivity (Wildman–Crippen MR) is 51.2 cm³/mol. The molecule has 0 saturated carbocycles. The van der Waals surface area contributed by atoms with Crippen LogP contribution in [0, 0.1) is 5.82 Å². The molecule has 0 spiro atoms. The fraction of sp³-hybridized carbons (Fsp3) is 0.250. The molecule has 1 aromatic carbocycles. The summed E-state index contributed by atoms with van der Waals surface area (Å²) in [5.41, 5.74) is 1.05. The van der Waals surface area contributed by atoms with Crippen LogP contribution in [0.15, 0.2) is 24.3 Å². The van der Waals surface area contributed by atoms with E-state index in [0.29, 0.717) is 0 Å². The first kappa shape index (κ1) is 8.94. The first-order chi connectivity index (χ1) is 5.33. The maximum atomic E-state index is 12.6. The van der Waals surface area contributed by atoms with E-state index in [4.69, 9.17) is 0 Å². The third-order valence-electron chi connectivity index (χ3n) is 1.23. The van der Waals surface area contributed by atoms with Gasteiger partial charge in [0.05, 0.1) is 0 Å². The average molecular weight is 188 g/mol. The van der Waals surface area contributed by atoms with Gasteiger partial charge in [0, 0.05) is 5.75 Å². The molecule has 0 aromatic heterocycles. The van der Waals surface area contributed by atoms with Gasteiger partial charge in [-0.2, -0.15) is 0 Å². The van der Waals surface area contributed by atoms with E-state index in [-0.39, 0.29) is 5.82 Å². The van der Waals surface area contributed by atoms with Crippen LogP contribution in [-0.4, -0.2) is 6.26 Å².